The Morgan fingerprint density at radius 2 is 1.81 bits per heavy atom. The molecule has 2 rings (SSSR count). The molecule has 2 amide bonds. The van der Waals surface area contributed by atoms with Gasteiger partial charge in [-0.05, 0) is 59.1 Å². The van der Waals surface area contributed by atoms with Gasteiger partial charge < -0.3 is 4.74 Å². The summed E-state index contributed by atoms with van der Waals surface area (Å²) in [5.41, 5.74) is 4.95. The fraction of sp³-hybridized carbons (Fsp3) is 0.0625. The van der Waals surface area contributed by atoms with Crippen molar-refractivity contribution in [3.8, 4) is 5.75 Å². The summed E-state index contributed by atoms with van der Waals surface area (Å²) in [6.45, 7) is 0. The molecule has 9 nitrogen and oxygen atoms in total. The number of non-ortho nitro benzene ring substituents is 1. The number of nitro groups is 1. The first-order chi connectivity index (χ1) is 12.8. The van der Waals surface area contributed by atoms with Crippen LogP contribution in [0.4, 0.5) is 5.69 Å². The highest BCUT2D eigenvalue weighted by Gasteiger charge is 2.13. The number of thiocarbonyl (C=S) groups is 1. The lowest BCUT2D eigenvalue weighted by Crippen LogP contribution is -2.48. The van der Waals surface area contributed by atoms with Crippen LogP contribution in [0.2, 0.25) is 0 Å². The smallest absolute Gasteiger partial charge is 0.270 e. The van der Waals surface area contributed by atoms with Crippen molar-refractivity contribution >= 4 is 57.4 Å². The van der Waals surface area contributed by atoms with Crippen LogP contribution >= 0.6 is 34.8 Å². The van der Waals surface area contributed by atoms with Crippen LogP contribution in [0.5, 0.6) is 5.75 Å². The predicted octanol–water partition coefficient (Wildman–Crippen LogP) is 2.16. The lowest BCUT2D eigenvalue weighted by atomic mass is 10.2. The molecule has 140 valence electrons. The minimum absolute atomic E-state index is 0.0596. The number of halogens is 1. The molecule has 0 aliphatic rings. The molecule has 27 heavy (non-hydrogen) atoms. The standard InChI is InChI=1S/C16H13IN4O5S/c1-26-13-6-5-10(8-12(13)17)15(23)19-20-16(27)18-14(22)9-3-2-4-11(7-9)21(24)25/h2-8H,1H3,(H,19,23)(H2,18,20,22,27). The van der Waals surface area contributed by atoms with Crippen molar-refractivity contribution in [1.82, 2.24) is 16.2 Å². The number of hydrazine groups is 1. The molecule has 0 spiro atoms. The Kier molecular flexibility index (Phi) is 7.01. The van der Waals surface area contributed by atoms with Gasteiger partial charge in [0, 0.05) is 23.3 Å². The lowest BCUT2D eigenvalue weighted by Gasteiger charge is -2.11. The van der Waals surface area contributed by atoms with E-state index in [9.17, 15) is 19.7 Å². The van der Waals surface area contributed by atoms with E-state index in [-0.39, 0.29) is 16.4 Å². The van der Waals surface area contributed by atoms with Crippen molar-refractivity contribution in [3.05, 3.63) is 67.3 Å². The Bertz CT molecular complexity index is 921. The van der Waals surface area contributed by atoms with Gasteiger partial charge >= 0.3 is 0 Å². The second-order valence-electron chi connectivity index (χ2n) is 5.02. The van der Waals surface area contributed by atoms with Crippen molar-refractivity contribution in [2.24, 2.45) is 0 Å². The van der Waals surface area contributed by atoms with Gasteiger partial charge in [-0.1, -0.05) is 6.07 Å². The van der Waals surface area contributed by atoms with Crippen LogP contribution < -0.4 is 20.9 Å². The third-order valence-corrected chi connectivity index (χ3v) is 4.30. The molecule has 0 saturated heterocycles. The Hall–Kier alpha value is -2.80. The van der Waals surface area contributed by atoms with Crippen molar-refractivity contribution in [3.63, 3.8) is 0 Å². The fourth-order valence-electron chi connectivity index (χ4n) is 1.96. The lowest BCUT2D eigenvalue weighted by molar-refractivity contribution is -0.384. The number of methoxy groups -OCH3 is 1. The maximum absolute atomic E-state index is 12.1. The van der Waals surface area contributed by atoms with Crippen molar-refractivity contribution in [1.29, 1.82) is 0 Å². The van der Waals surface area contributed by atoms with Crippen LogP contribution in [0.1, 0.15) is 20.7 Å². The highest BCUT2D eigenvalue weighted by atomic mass is 127. The van der Waals surface area contributed by atoms with E-state index in [1.165, 1.54) is 25.3 Å². The van der Waals surface area contributed by atoms with Crippen LogP contribution in [0.3, 0.4) is 0 Å². The van der Waals surface area contributed by atoms with Gasteiger partial charge in [0.05, 0.1) is 15.6 Å². The number of nitrogens with one attached hydrogen (secondary N) is 3. The number of amides is 2. The second-order valence-corrected chi connectivity index (χ2v) is 6.59. The van der Waals surface area contributed by atoms with E-state index in [0.717, 1.165) is 9.64 Å². The van der Waals surface area contributed by atoms with Crippen molar-refractivity contribution < 1.29 is 19.2 Å². The van der Waals surface area contributed by atoms with E-state index in [1.54, 1.807) is 18.2 Å². The molecule has 0 unspecified atom stereocenters. The first kappa shape index (κ1) is 20.5. The number of carbonyl (C=O) groups excluding carboxylic acids is 2. The van der Waals surface area contributed by atoms with E-state index in [4.69, 9.17) is 17.0 Å². The van der Waals surface area contributed by atoms with Crippen LogP contribution in [0.15, 0.2) is 42.5 Å². The predicted molar refractivity (Wildman–Crippen MR) is 109 cm³/mol. The molecule has 0 bridgehead atoms. The number of nitrogens with zero attached hydrogens (tertiary/aromatic N) is 1. The molecular formula is C16H13IN4O5S. The number of benzene rings is 2. The van der Waals surface area contributed by atoms with Gasteiger partial charge in [0.2, 0.25) is 0 Å². The van der Waals surface area contributed by atoms with E-state index < -0.39 is 16.7 Å². The SMILES string of the molecule is COc1ccc(C(=O)NNC(=S)NC(=O)c2cccc([N+](=O)[O-])c2)cc1I. The number of rotatable bonds is 4. The average Bonchev–Trinajstić information content (AvgIpc) is 2.66. The maximum atomic E-state index is 12.1. The highest BCUT2D eigenvalue weighted by molar-refractivity contribution is 14.1. The molecule has 0 aliphatic carbocycles. The summed E-state index contributed by atoms with van der Waals surface area (Å²) < 4.78 is 5.88. The molecule has 0 aromatic heterocycles. The van der Waals surface area contributed by atoms with Crippen LogP contribution in [0, 0.1) is 13.7 Å². The summed E-state index contributed by atoms with van der Waals surface area (Å²) in [6.07, 6.45) is 0. The zero-order valence-corrected chi connectivity index (χ0v) is 16.8. The third kappa shape index (κ3) is 5.59. The van der Waals surface area contributed by atoms with E-state index >= 15 is 0 Å². The Morgan fingerprint density at radius 3 is 2.44 bits per heavy atom. The Morgan fingerprint density at radius 1 is 1.11 bits per heavy atom. The number of hydrogen-bond acceptors (Lipinski definition) is 6. The van der Waals surface area contributed by atoms with Gasteiger partial charge in [0.25, 0.3) is 17.5 Å². The maximum Gasteiger partial charge on any atom is 0.270 e. The summed E-state index contributed by atoms with van der Waals surface area (Å²) in [4.78, 5) is 34.3. The first-order valence-electron chi connectivity index (χ1n) is 7.31. The molecule has 0 atom stereocenters. The van der Waals surface area contributed by atoms with E-state index in [2.05, 4.69) is 16.2 Å². The summed E-state index contributed by atoms with van der Waals surface area (Å²) >= 11 is 6.97. The Labute approximate surface area is 172 Å². The van der Waals surface area contributed by atoms with Crippen LogP contribution in [0.25, 0.3) is 0 Å². The highest BCUT2D eigenvalue weighted by Crippen LogP contribution is 2.21. The average molecular weight is 500 g/mol. The Balaban J connectivity index is 1.93. The molecule has 2 aromatic rings. The minimum atomic E-state index is -0.649. The number of hydrogen-bond donors (Lipinski definition) is 3. The molecular weight excluding hydrogens is 487 g/mol. The second kappa shape index (κ2) is 9.23. The van der Waals surface area contributed by atoms with Gasteiger partial charge in [-0.2, -0.15) is 0 Å². The zero-order valence-electron chi connectivity index (χ0n) is 13.8. The normalized spacial score (nSPS) is 9.85. The van der Waals surface area contributed by atoms with Gasteiger partial charge in [-0.3, -0.25) is 35.9 Å². The van der Waals surface area contributed by atoms with Gasteiger partial charge in [-0.25, -0.2) is 0 Å². The first-order valence-corrected chi connectivity index (χ1v) is 8.80. The molecule has 3 N–H and O–H groups in total. The minimum Gasteiger partial charge on any atom is -0.496 e. The summed E-state index contributed by atoms with van der Waals surface area (Å²) in [5, 5.41) is 12.9. The number of nitro benzene ring substituents is 1. The van der Waals surface area contributed by atoms with Crippen LogP contribution in [-0.2, 0) is 0 Å². The topological polar surface area (TPSA) is 123 Å². The van der Waals surface area contributed by atoms with Crippen molar-refractivity contribution in [2.45, 2.75) is 0 Å². The quantitative estimate of drug-likeness (QED) is 0.255. The molecule has 0 aliphatic heterocycles. The molecule has 11 heteroatoms. The molecule has 0 fully saturated rings. The van der Waals surface area contributed by atoms with Crippen molar-refractivity contribution in [2.75, 3.05) is 7.11 Å². The number of carbonyl (C=O) groups is 2. The molecule has 0 heterocycles. The molecule has 0 radical (unpaired) electrons. The summed E-state index contributed by atoms with van der Waals surface area (Å²) in [6, 6.07) is 10.0. The van der Waals surface area contributed by atoms with E-state index in [0.29, 0.717) is 11.3 Å². The number of ether oxygens (including phenoxy) is 1. The van der Waals surface area contributed by atoms with Gasteiger partial charge in [0.15, 0.2) is 5.11 Å². The fourth-order valence-corrected chi connectivity index (χ4v) is 2.84. The summed E-state index contributed by atoms with van der Waals surface area (Å²) in [7, 11) is 1.53. The summed E-state index contributed by atoms with van der Waals surface area (Å²) in [5.74, 6) is -0.480. The third-order valence-electron chi connectivity index (χ3n) is 3.25. The monoisotopic (exact) mass is 500 g/mol. The van der Waals surface area contributed by atoms with Gasteiger partial charge in [-0.15, -0.1) is 0 Å². The largest absolute Gasteiger partial charge is 0.496 e. The molecule has 2 aromatic carbocycles. The molecule has 0 saturated carbocycles. The van der Waals surface area contributed by atoms with Gasteiger partial charge in [0.1, 0.15) is 5.75 Å². The van der Waals surface area contributed by atoms with Crippen LogP contribution in [-0.4, -0.2) is 29.0 Å². The van der Waals surface area contributed by atoms with E-state index in [1.807, 2.05) is 22.6 Å². The zero-order chi connectivity index (χ0) is 20.0.